The lowest BCUT2D eigenvalue weighted by molar-refractivity contribution is 1.42. The summed E-state index contributed by atoms with van der Waals surface area (Å²) in [4.78, 5) is 0. The van der Waals surface area contributed by atoms with Crippen LogP contribution in [-0.2, 0) is 5.75 Å². The molecule has 0 N–H and O–H groups in total. The summed E-state index contributed by atoms with van der Waals surface area (Å²) >= 11 is 6.74. The Kier molecular flexibility index (Phi) is 3.69. The molecule has 0 aliphatic carbocycles. The van der Waals surface area contributed by atoms with Gasteiger partial charge in [0.05, 0.1) is 0 Å². The molecule has 52 valence electrons. The summed E-state index contributed by atoms with van der Waals surface area (Å²) in [5.41, 5.74) is 1.28. The number of thioether (sulfide) groups is 1. The van der Waals surface area contributed by atoms with Crippen LogP contribution in [-0.4, -0.2) is 0 Å². The van der Waals surface area contributed by atoms with Crippen LogP contribution in [0.1, 0.15) is 5.56 Å². The van der Waals surface area contributed by atoms with Gasteiger partial charge < -0.3 is 0 Å². The zero-order valence-corrected chi connectivity index (χ0v) is 6.95. The van der Waals surface area contributed by atoms with E-state index in [1.54, 1.807) is 0 Å². The van der Waals surface area contributed by atoms with Gasteiger partial charge in [0.2, 0.25) is 0 Å². The lowest BCUT2D eigenvalue weighted by Crippen LogP contribution is -1.75. The average molecular weight is 171 g/mol. The maximum absolute atomic E-state index is 5.26. The van der Waals surface area contributed by atoms with E-state index in [1.165, 1.54) is 17.3 Å². The van der Waals surface area contributed by atoms with E-state index in [2.05, 4.69) is 17.3 Å². The van der Waals surface area contributed by atoms with Crippen molar-refractivity contribution >= 4 is 23.4 Å². The van der Waals surface area contributed by atoms with Gasteiger partial charge >= 0.3 is 0 Å². The van der Waals surface area contributed by atoms with Gasteiger partial charge in [-0.1, -0.05) is 30.3 Å². The Morgan fingerprint density at radius 3 is 2.60 bits per heavy atom. The van der Waals surface area contributed by atoms with E-state index in [1.807, 2.05) is 18.2 Å². The molecule has 0 saturated carbocycles. The van der Waals surface area contributed by atoms with Crippen LogP contribution >= 0.6 is 23.4 Å². The quantitative estimate of drug-likeness (QED) is 0.672. The third kappa shape index (κ3) is 2.63. The minimum absolute atomic E-state index is 0.907. The van der Waals surface area contributed by atoms with Gasteiger partial charge in [0.25, 0.3) is 0 Å². The monoisotopic (exact) mass is 170 g/mol. The van der Waals surface area contributed by atoms with Gasteiger partial charge in [-0.25, -0.2) is 0 Å². The number of halogens is 1. The molecule has 0 heterocycles. The molecule has 10 heavy (non-hydrogen) atoms. The molecule has 2 radical (unpaired) electrons. The maximum atomic E-state index is 5.26. The highest BCUT2D eigenvalue weighted by Gasteiger charge is 1.89. The fourth-order valence-electron chi connectivity index (χ4n) is 0.685. The van der Waals surface area contributed by atoms with E-state index in [4.69, 9.17) is 11.6 Å². The fourth-order valence-corrected chi connectivity index (χ4v) is 1.26. The topological polar surface area (TPSA) is 0 Å². The molecule has 1 aromatic carbocycles. The summed E-state index contributed by atoms with van der Waals surface area (Å²) in [7, 11) is 0. The third-order valence-corrected chi connectivity index (χ3v) is 2.05. The highest BCUT2D eigenvalue weighted by Crippen LogP contribution is 2.15. The molecule has 0 unspecified atom stereocenters. The lowest BCUT2D eigenvalue weighted by atomic mass is 10.2. The van der Waals surface area contributed by atoms with Gasteiger partial charge in [-0.2, -0.15) is 0 Å². The molecular weight excluding hydrogens is 164 g/mol. The van der Waals surface area contributed by atoms with Crippen LogP contribution in [0.25, 0.3) is 0 Å². The molecule has 0 saturated heterocycles. The first-order chi connectivity index (χ1) is 4.93. The maximum Gasteiger partial charge on any atom is 0.152 e. The summed E-state index contributed by atoms with van der Waals surface area (Å²) in [6.45, 7) is 0. The van der Waals surface area contributed by atoms with Crippen LogP contribution in [0.2, 0.25) is 0 Å². The zero-order valence-electron chi connectivity index (χ0n) is 5.38. The molecule has 0 fully saturated rings. The van der Waals surface area contributed by atoms with Crippen molar-refractivity contribution in [3.8, 4) is 0 Å². The van der Waals surface area contributed by atoms with E-state index in [-0.39, 0.29) is 0 Å². The Bertz CT molecular complexity index is 174. The minimum Gasteiger partial charge on any atom is -0.129 e. The summed E-state index contributed by atoms with van der Waals surface area (Å²) in [6, 6.07) is 10.2. The second-order valence-corrected chi connectivity index (χ2v) is 3.05. The van der Waals surface area contributed by atoms with Crippen LogP contribution in [0, 0.1) is 5.21 Å². The molecule has 1 aromatic rings. The molecule has 0 atom stereocenters. The smallest absolute Gasteiger partial charge is 0.129 e. The highest BCUT2D eigenvalue weighted by atomic mass is 35.5. The third-order valence-electron chi connectivity index (χ3n) is 1.14. The highest BCUT2D eigenvalue weighted by molar-refractivity contribution is 8.01. The molecule has 0 spiro atoms. The number of benzene rings is 1. The van der Waals surface area contributed by atoms with Crippen LogP contribution in [0.5, 0.6) is 0 Å². The summed E-state index contributed by atoms with van der Waals surface area (Å²) in [6.07, 6.45) is 0. The Morgan fingerprint density at radius 1 is 1.30 bits per heavy atom. The first kappa shape index (κ1) is 7.96. The van der Waals surface area contributed by atoms with Gasteiger partial charge in [-0.15, -0.1) is 23.4 Å². The van der Waals surface area contributed by atoms with E-state index < -0.39 is 0 Å². The molecule has 0 amide bonds. The van der Waals surface area contributed by atoms with Crippen molar-refractivity contribution < 1.29 is 0 Å². The van der Waals surface area contributed by atoms with Crippen LogP contribution in [0.4, 0.5) is 0 Å². The summed E-state index contributed by atoms with van der Waals surface area (Å²) in [5, 5.41) is 2.51. The molecule has 0 aliphatic rings. The lowest BCUT2D eigenvalue weighted by Gasteiger charge is -1.94. The summed E-state index contributed by atoms with van der Waals surface area (Å²) < 4.78 is 0. The van der Waals surface area contributed by atoms with Gasteiger partial charge in [0, 0.05) is 5.75 Å². The van der Waals surface area contributed by atoms with Crippen molar-refractivity contribution in [3.63, 3.8) is 0 Å². The van der Waals surface area contributed by atoms with Gasteiger partial charge in [-0.05, 0) is 5.56 Å². The van der Waals surface area contributed by atoms with E-state index in [9.17, 15) is 0 Å². The Hall–Kier alpha value is -0.140. The normalized spacial score (nSPS) is 9.70. The standard InChI is InChI=1S/C8H7ClS/c9-7-10-6-8-4-2-1-3-5-8/h1-5H,6H2. The molecule has 2 heteroatoms. The summed E-state index contributed by atoms with van der Waals surface area (Å²) in [5.74, 6) is 0.907. The van der Waals surface area contributed by atoms with Crippen molar-refractivity contribution in [2.75, 3.05) is 0 Å². The number of rotatable bonds is 3. The average Bonchev–Trinajstić information content (AvgIpc) is 2.03. The van der Waals surface area contributed by atoms with Crippen molar-refractivity contribution in [1.82, 2.24) is 0 Å². The van der Waals surface area contributed by atoms with Crippen molar-refractivity contribution in [3.05, 3.63) is 41.1 Å². The van der Waals surface area contributed by atoms with Gasteiger partial charge in [-0.3, -0.25) is 0 Å². The van der Waals surface area contributed by atoms with Gasteiger partial charge in [0.1, 0.15) is 0 Å². The molecule has 0 bridgehead atoms. The Labute approximate surface area is 70.6 Å². The van der Waals surface area contributed by atoms with Crippen molar-refractivity contribution in [1.29, 1.82) is 0 Å². The number of hydrogen-bond donors (Lipinski definition) is 0. The minimum atomic E-state index is 0.907. The molecule has 0 nitrogen and oxygen atoms in total. The van der Waals surface area contributed by atoms with Crippen molar-refractivity contribution in [2.24, 2.45) is 0 Å². The van der Waals surface area contributed by atoms with Crippen molar-refractivity contribution in [2.45, 2.75) is 5.75 Å². The van der Waals surface area contributed by atoms with Crippen LogP contribution in [0.15, 0.2) is 30.3 Å². The largest absolute Gasteiger partial charge is 0.152 e. The number of hydrogen-bond acceptors (Lipinski definition) is 1. The molecule has 0 aromatic heterocycles. The SMILES string of the molecule is Cl[C]SCc1ccccc1. The predicted molar refractivity (Wildman–Crippen MR) is 46.8 cm³/mol. The van der Waals surface area contributed by atoms with Crippen LogP contribution in [0.3, 0.4) is 0 Å². The van der Waals surface area contributed by atoms with E-state index in [0.717, 1.165) is 5.75 Å². The second-order valence-electron chi connectivity index (χ2n) is 1.85. The first-order valence-corrected chi connectivity index (χ1v) is 4.31. The van der Waals surface area contributed by atoms with Crippen LogP contribution < -0.4 is 0 Å². The zero-order chi connectivity index (χ0) is 7.23. The van der Waals surface area contributed by atoms with Gasteiger partial charge in [0.15, 0.2) is 5.21 Å². The fraction of sp³-hybridized carbons (Fsp3) is 0.125. The Morgan fingerprint density at radius 2 is 2.00 bits per heavy atom. The van der Waals surface area contributed by atoms with E-state index in [0.29, 0.717) is 0 Å². The second kappa shape index (κ2) is 4.64. The molecular formula is C8H7ClS. The first-order valence-electron chi connectivity index (χ1n) is 2.95. The predicted octanol–water partition coefficient (Wildman–Crippen LogP) is 3.15. The van der Waals surface area contributed by atoms with E-state index >= 15 is 0 Å². The molecule has 0 aliphatic heterocycles. The Balaban J connectivity index is 2.43. The molecule has 1 rings (SSSR count).